The van der Waals surface area contributed by atoms with E-state index in [4.69, 9.17) is 0 Å². The van der Waals surface area contributed by atoms with Crippen molar-refractivity contribution in [1.29, 1.82) is 0 Å². The van der Waals surface area contributed by atoms with E-state index in [-0.39, 0.29) is 16.2 Å². The standard InChI is InChI=1S/C15H13F7N2O2S2/c1-8-2-9(16)10(3-11(8)28(26)7-15(20,21)22)23-4-13-24(6-14(17,18)19)12(25)5-27-13/h2-4,13H,5-7H2,1H3. The van der Waals surface area contributed by atoms with E-state index >= 15 is 0 Å². The predicted octanol–water partition coefficient (Wildman–Crippen LogP) is 3.97. The third-order valence-corrected chi connectivity index (χ3v) is 6.13. The van der Waals surface area contributed by atoms with Crippen molar-refractivity contribution >= 4 is 40.7 Å². The van der Waals surface area contributed by atoms with Crippen LogP contribution in [-0.4, -0.2) is 57.4 Å². The molecular formula is C15H13F7N2O2S2. The van der Waals surface area contributed by atoms with E-state index < -0.39 is 58.6 Å². The number of nitrogens with zero attached hydrogens (tertiary/aromatic N) is 2. The number of thioether (sulfide) groups is 1. The Morgan fingerprint density at radius 2 is 1.93 bits per heavy atom. The summed E-state index contributed by atoms with van der Waals surface area (Å²) in [5.74, 6) is -3.56. The highest BCUT2D eigenvalue weighted by Gasteiger charge is 2.40. The minimum absolute atomic E-state index is 0.0168. The molecule has 1 heterocycles. The second kappa shape index (κ2) is 8.49. The summed E-state index contributed by atoms with van der Waals surface area (Å²) in [6, 6.07) is 1.70. The highest BCUT2D eigenvalue weighted by molar-refractivity contribution is 8.01. The zero-order chi connectivity index (χ0) is 21.3. The molecule has 0 bridgehead atoms. The Morgan fingerprint density at radius 3 is 2.50 bits per heavy atom. The lowest BCUT2D eigenvalue weighted by Gasteiger charge is -2.22. The van der Waals surface area contributed by atoms with Gasteiger partial charge in [0.15, 0.2) is 4.90 Å². The largest absolute Gasteiger partial charge is 0.611 e. The number of carbonyl (C=O) groups is 1. The summed E-state index contributed by atoms with van der Waals surface area (Å²) < 4.78 is 101. The van der Waals surface area contributed by atoms with Gasteiger partial charge in [-0.15, -0.1) is 11.8 Å². The second-order valence-corrected chi connectivity index (χ2v) is 8.32. The molecule has 0 spiro atoms. The van der Waals surface area contributed by atoms with Gasteiger partial charge >= 0.3 is 12.4 Å². The van der Waals surface area contributed by atoms with Gasteiger partial charge in [0.1, 0.15) is 23.4 Å². The topological polar surface area (TPSA) is 55.7 Å². The maximum atomic E-state index is 14.0. The molecule has 2 atom stereocenters. The highest BCUT2D eigenvalue weighted by Crippen LogP contribution is 2.31. The van der Waals surface area contributed by atoms with E-state index in [2.05, 4.69) is 4.99 Å². The molecule has 1 saturated heterocycles. The molecule has 156 valence electrons. The lowest BCUT2D eigenvalue weighted by molar-refractivity contribution is -0.157. The molecular weight excluding hydrogens is 437 g/mol. The van der Waals surface area contributed by atoms with Crippen molar-refractivity contribution < 1.29 is 40.1 Å². The highest BCUT2D eigenvalue weighted by atomic mass is 32.2. The summed E-state index contributed by atoms with van der Waals surface area (Å²) in [4.78, 5) is 15.5. The van der Waals surface area contributed by atoms with Gasteiger partial charge in [-0.1, -0.05) is 0 Å². The number of benzene rings is 1. The van der Waals surface area contributed by atoms with Gasteiger partial charge in [-0.05, 0) is 24.2 Å². The van der Waals surface area contributed by atoms with Crippen LogP contribution in [0.25, 0.3) is 0 Å². The summed E-state index contributed by atoms with van der Waals surface area (Å²) in [5.41, 5.74) is -0.466. The van der Waals surface area contributed by atoms with Gasteiger partial charge in [-0.25, -0.2) is 4.39 Å². The van der Waals surface area contributed by atoms with Crippen molar-refractivity contribution in [3.63, 3.8) is 0 Å². The molecule has 1 aliphatic heterocycles. The number of aliphatic imine (C=N–C) groups is 1. The second-order valence-electron chi connectivity index (χ2n) is 5.79. The Kier molecular flexibility index (Phi) is 6.92. The van der Waals surface area contributed by atoms with Gasteiger partial charge in [0.25, 0.3) is 0 Å². The molecule has 1 fully saturated rings. The Hall–Kier alpha value is -1.47. The van der Waals surface area contributed by atoms with Crippen LogP contribution in [0.3, 0.4) is 0 Å². The maximum absolute atomic E-state index is 14.0. The number of carbonyl (C=O) groups excluding carboxylic acids is 1. The first-order valence-corrected chi connectivity index (χ1v) is 9.91. The smallest absolute Gasteiger partial charge is 0.433 e. The molecule has 2 unspecified atom stereocenters. The van der Waals surface area contributed by atoms with E-state index in [1.807, 2.05) is 0 Å². The van der Waals surface area contributed by atoms with Crippen LogP contribution >= 0.6 is 11.8 Å². The summed E-state index contributed by atoms with van der Waals surface area (Å²) >= 11 is -1.66. The fourth-order valence-corrected chi connectivity index (χ4v) is 4.44. The van der Waals surface area contributed by atoms with E-state index in [1.54, 1.807) is 0 Å². The molecule has 1 aliphatic rings. The summed E-state index contributed by atoms with van der Waals surface area (Å²) in [6.07, 6.45) is -8.43. The average molecular weight is 450 g/mol. The molecule has 1 amide bonds. The van der Waals surface area contributed by atoms with Gasteiger partial charge in [-0.3, -0.25) is 9.79 Å². The summed E-state index contributed by atoms with van der Waals surface area (Å²) in [7, 11) is 0. The number of hydrogen-bond acceptors (Lipinski definition) is 4. The van der Waals surface area contributed by atoms with Crippen LogP contribution in [0.5, 0.6) is 0 Å². The lowest BCUT2D eigenvalue weighted by atomic mass is 10.2. The SMILES string of the molecule is Cc1cc(F)c(N=CC2SCC(=O)N2CC(F)(F)F)cc1[S+]([O-])CC(F)(F)F. The monoisotopic (exact) mass is 450 g/mol. The van der Waals surface area contributed by atoms with E-state index in [0.29, 0.717) is 4.90 Å². The van der Waals surface area contributed by atoms with Gasteiger partial charge < -0.3 is 9.45 Å². The molecule has 28 heavy (non-hydrogen) atoms. The number of rotatable bonds is 5. The lowest BCUT2D eigenvalue weighted by Crippen LogP contribution is -2.40. The fraction of sp³-hybridized carbons (Fsp3) is 0.467. The predicted molar refractivity (Wildman–Crippen MR) is 90.6 cm³/mol. The first-order valence-electron chi connectivity index (χ1n) is 7.54. The van der Waals surface area contributed by atoms with Gasteiger partial charge in [0, 0.05) is 17.8 Å². The molecule has 0 radical (unpaired) electrons. The maximum Gasteiger partial charge on any atom is 0.433 e. The van der Waals surface area contributed by atoms with Crippen molar-refractivity contribution in [1.82, 2.24) is 4.90 Å². The molecule has 13 heteroatoms. The van der Waals surface area contributed by atoms with Crippen molar-refractivity contribution in [3.8, 4) is 0 Å². The quantitative estimate of drug-likeness (QED) is 0.388. The normalized spacial score (nSPS) is 19.7. The number of amides is 1. The Bertz CT molecular complexity index is 768. The average Bonchev–Trinajstić information content (AvgIpc) is 2.83. The molecule has 0 N–H and O–H groups in total. The summed E-state index contributed by atoms with van der Waals surface area (Å²) in [5, 5.41) is -1.11. The van der Waals surface area contributed by atoms with Crippen LogP contribution in [0.4, 0.5) is 36.4 Å². The number of hydrogen-bond donors (Lipinski definition) is 0. The number of alkyl halides is 6. The van der Waals surface area contributed by atoms with Crippen LogP contribution in [0, 0.1) is 12.7 Å². The summed E-state index contributed by atoms with van der Waals surface area (Å²) in [6.45, 7) is -0.233. The minimum atomic E-state index is -4.70. The molecule has 2 rings (SSSR count). The molecule has 0 aromatic heterocycles. The third kappa shape index (κ3) is 6.27. The van der Waals surface area contributed by atoms with Crippen molar-refractivity contribution in [2.45, 2.75) is 29.5 Å². The minimum Gasteiger partial charge on any atom is -0.611 e. The Balaban J connectivity index is 2.25. The zero-order valence-corrected chi connectivity index (χ0v) is 15.7. The zero-order valence-electron chi connectivity index (χ0n) is 14.1. The molecule has 4 nitrogen and oxygen atoms in total. The van der Waals surface area contributed by atoms with Crippen molar-refractivity contribution in [2.75, 3.05) is 18.1 Å². The van der Waals surface area contributed by atoms with Crippen LogP contribution in [-0.2, 0) is 16.0 Å². The molecule has 1 aromatic rings. The van der Waals surface area contributed by atoms with E-state index in [1.165, 1.54) is 6.92 Å². The number of halogens is 7. The van der Waals surface area contributed by atoms with Gasteiger partial charge in [0.2, 0.25) is 11.7 Å². The van der Waals surface area contributed by atoms with E-state index in [0.717, 1.165) is 30.1 Å². The van der Waals surface area contributed by atoms with Gasteiger partial charge in [-0.2, -0.15) is 26.3 Å². The van der Waals surface area contributed by atoms with Gasteiger partial charge in [0.05, 0.1) is 5.75 Å². The molecule has 0 aliphatic carbocycles. The van der Waals surface area contributed by atoms with Crippen LogP contribution < -0.4 is 0 Å². The van der Waals surface area contributed by atoms with Crippen LogP contribution in [0.2, 0.25) is 0 Å². The third-order valence-electron chi connectivity index (χ3n) is 3.48. The van der Waals surface area contributed by atoms with E-state index in [9.17, 15) is 40.1 Å². The molecule has 1 aromatic carbocycles. The Labute approximate surface area is 162 Å². The Morgan fingerprint density at radius 1 is 1.29 bits per heavy atom. The van der Waals surface area contributed by atoms with Crippen molar-refractivity contribution in [2.24, 2.45) is 4.99 Å². The fourth-order valence-electron chi connectivity index (χ4n) is 2.32. The van der Waals surface area contributed by atoms with Crippen molar-refractivity contribution in [3.05, 3.63) is 23.5 Å². The molecule has 0 saturated carbocycles. The number of aryl methyl sites for hydroxylation is 1. The van der Waals surface area contributed by atoms with Crippen LogP contribution in [0.15, 0.2) is 22.0 Å². The van der Waals surface area contributed by atoms with Crippen LogP contribution in [0.1, 0.15) is 5.56 Å². The first kappa shape index (κ1) is 22.8. The first-order chi connectivity index (χ1) is 12.8.